The Hall–Kier alpha value is -1.69. The van der Waals surface area contributed by atoms with Crippen molar-refractivity contribution < 1.29 is 4.52 Å². The molecule has 5 nitrogen and oxygen atoms in total. The fourth-order valence-corrected chi connectivity index (χ4v) is 4.42. The van der Waals surface area contributed by atoms with Crippen molar-refractivity contribution in [1.82, 2.24) is 20.9 Å². The van der Waals surface area contributed by atoms with Crippen LogP contribution in [0.25, 0.3) is 0 Å². The second kappa shape index (κ2) is 8.13. The molecule has 1 aromatic carbocycles. The van der Waals surface area contributed by atoms with Gasteiger partial charge in [-0.3, -0.25) is 10.3 Å². The number of hydrogen-bond acceptors (Lipinski definition) is 5. The van der Waals surface area contributed by atoms with Crippen LogP contribution >= 0.6 is 0 Å². The van der Waals surface area contributed by atoms with E-state index in [0.717, 1.165) is 43.9 Å². The predicted octanol–water partition coefficient (Wildman–Crippen LogP) is 3.96. The van der Waals surface area contributed by atoms with E-state index in [1.54, 1.807) is 0 Å². The number of hydrogen-bond donors (Lipinski definition) is 2. The fraction of sp³-hybridized carbons (Fsp3) is 0.591. The molecule has 3 atom stereocenters. The van der Waals surface area contributed by atoms with E-state index in [0.29, 0.717) is 23.9 Å². The number of aromatic nitrogens is 1. The second-order valence-electron chi connectivity index (χ2n) is 8.32. The third-order valence-corrected chi connectivity index (χ3v) is 6.14. The Morgan fingerprint density at radius 2 is 2.07 bits per heavy atom. The third-order valence-electron chi connectivity index (χ3n) is 6.14. The summed E-state index contributed by atoms with van der Waals surface area (Å²) < 4.78 is 5.72. The lowest BCUT2D eigenvalue weighted by Gasteiger charge is -2.28. The molecule has 0 aliphatic carbocycles. The molecule has 2 saturated heterocycles. The highest BCUT2D eigenvalue weighted by Crippen LogP contribution is 2.36. The van der Waals surface area contributed by atoms with E-state index in [2.05, 4.69) is 72.0 Å². The third kappa shape index (κ3) is 3.96. The van der Waals surface area contributed by atoms with E-state index in [9.17, 15) is 0 Å². The molecule has 27 heavy (non-hydrogen) atoms. The van der Waals surface area contributed by atoms with Crippen LogP contribution in [-0.4, -0.2) is 29.7 Å². The predicted molar refractivity (Wildman–Crippen MR) is 107 cm³/mol. The first kappa shape index (κ1) is 18.7. The van der Waals surface area contributed by atoms with Crippen molar-refractivity contribution in [2.24, 2.45) is 5.92 Å². The summed E-state index contributed by atoms with van der Waals surface area (Å²) in [6.07, 6.45) is 3.48. The summed E-state index contributed by atoms with van der Waals surface area (Å²) in [5.74, 6) is 2.00. The number of nitrogens with zero attached hydrogens (tertiary/aromatic N) is 2. The van der Waals surface area contributed by atoms with Crippen LogP contribution in [0.1, 0.15) is 74.2 Å². The van der Waals surface area contributed by atoms with Crippen LogP contribution < -0.4 is 10.9 Å². The molecule has 146 valence electrons. The molecule has 2 fully saturated rings. The molecule has 2 aliphatic heterocycles. The van der Waals surface area contributed by atoms with Crippen LogP contribution in [0, 0.1) is 5.92 Å². The molecule has 0 amide bonds. The molecule has 0 saturated carbocycles. The summed E-state index contributed by atoms with van der Waals surface area (Å²) in [5.41, 5.74) is 10.7. The van der Waals surface area contributed by atoms with E-state index >= 15 is 0 Å². The lowest BCUT2D eigenvalue weighted by Crippen LogP contribution is -2.32. The monoisotopic (exact) mass is 368 g/mol. The van der Waals surface area contributed by atoms with Gasteiger partial charge in [-0.25, -0.2) is 5.43 Å². The van der Waals surface area contributed by atoms with E-state index in [4.69, 9.17) is 4.52 Å². The summed E-state index contributed by atoms with van der Waals surface area (Å²) in [4.78, 5) is 2.59. The molecule has 2 aliphatic rings. The Balaban J connectivity index is 1.46. The van der Waals surface area contributed by atoms with Gasteiger partial charge >= 0.3 is 0 Å². The maximum atomic E-state index is 5.72. The number of nitrogens with one attached hydrogen (secondary N) is 2. The highest BCUT2D eigenvalue weighted by atomic mass is 16.5. The molecule has 1 aromatic heterocycles. The normalized spacial score (nSPS) is 26.3. The van der Waals surface area contributed by atoms with Crippen molar-refractivity contribution in [2.45, 2.75) is 58.0 Å². The minimum atomic E-state index is 0.359. The van der Waals surface area contributed by atoms with Crippen molar-refractivity contribution in [1.29, 1.82) is 0 Å². The molecule has 2 aromatic rings. The Labute approximate surface area is 162 Å². The molecule has 4 rings (SSSR count). The van der Waals surface area contributed by atoms with Gasteiger partial charge in [0.15, 0.2) is 5.76 Å². The maximum Gasteiger partial charge on any atom is 0.154 e. The van der Waals surface area contributed by atoms with Gasteiger partial charge in [0.25, 0.3) is 0 Å². The molecular weight excluding hydrogens is 336 g/mol. The largest absolute Gasteiger partial charge is 0.359 e. The lowest BCUT2D eigenvalue weighted by molar-refractivity contribution is 0.182. The van der Waals surface area contributed by atoms with Gasteiger partial charge in [-0.15, -0.1) is 0 Å². The molecule has 3 unspecified atom stereocenters. The molecule has 0 spiro atoms. The van der Waals surface area contributed by atoms with Gasteiger partial charge in [-0.2, -0.15) is 0 Å². The van der Waals surface area contributed by atoms with Crippen molar-refractivity contribution in [3.8, 4) is 0 Å². The van der Waals surface area contributed by atoms with E-state index in [-0.39, 0.29) is 0 Å². The Kier molecular flexibility index (Phi) is 5.62. The summed E-state index contributed by atoms with van der Waals surface area (Å²) in [7, 11) is 0. The van der Waals surface area contributed by atoms with Crippen LogP contribution in [0.3, 0.4) is 0 Å². The topological polar surface area (TPSA) is 53.3 Å². The van der Waals surface area contributed by atoms with Crippen LogP contribution in [0.15, 0.2) is 34.9 Å². The number of aryl methyl sites for hydroxylation is 1. The fourth-order valence-electron chi connectivity index (χ4n) is 4.42. The first-order valence-electron chi connectivity index (χ1n) is 10.4. The number of rotatable bonds is 6. The van der Waals surface area contributed by atoms with Gasteiger partial charge in [0.05, 0.1) is 17.8 Å². The molecular formula is C22H32N4O. The Morgan fingerprint density at radius 1 is 1.26 bits per heavy atom. The smallest absolute Gasteiger partial charge is 0.154 e. The number of hydrazine groups is 1. The highest BCUT2D eigenvalue weighted by molar-refractivity contribution is 5.26. The second-order valence-corrected chi connectivity index (χ2v) is 8.32. The van der Waals surface area contributed by atoms with Gasteiger partial charge in [-0.05, 0) is 42.9 Å². The number of benzene rings is 1. The SMILES string of the molecule is CCc1ccc(C2NNCC2CN2CCCC2c2cc(C(C)C)no2)cc1. The zero-order valence-corrected chi connectivity index (χ0v) is 16.7. The van der Waals surface area contributed by atoms with Gasteiger partial charge in [0, 0.05) is 25.1 Å². The number of likely N-dealkylation sites (tertiary alicyclic amines) is 1. The van der Waals surface area contributed by atoms with Crippen LogP contribution in [0.2, 0.25) is 0 Å². The van der Waals surface area contributed by atoms with Crippen molar-refractivity contribution in [3.05, 3.63) is 52.9 Å². The average molecular weight is 369 g/mol. The standard InChI is InChI=1S/C22H32N4O/c1-4-16-7-9-17(10-8-16)22-18(13-23-24-22)14-26-11-5-6-20(26)21-12-19(15(2)3)25-27-21/h7-10,12,15,18,20,22-24H,4-6,11,13-14H2,1-3H3. The molecule has 2 N–H and O–H groups in total. The first-order chi connectivity index (χ1) is 13.2. The van der Waals surface area contributed by atoms with Crippen molar-refractivity contribution >= 4 is 0 Å². The zero-order valence-electron chi connectivity index (χ0n) is 16.7. The van der Waals surface area contributed by atoms with Gasteiger partial charge < -0.3 is 4.52 Å². The van der Waals surface area contributed by atoms with E-state index < -0.39 is 0 Å². The Morgan fingerprint density at radius 3 is 2.78 bits per heavy atom. The van der Waals surface area contributed by atoms with Crippen molar-refractivity contribution in [2.75, 3.05) is 19.6 Å². The maximum absolute atomic E-state index is 5.72. The van der Waals surface area contributed by atoms with E-state index in [1.165, 1.54) is 17.5 Å². The zero-order chi connectivity index (χ0) is 18.8. The van der Waals surface area contributed by atoms with Gasteiger partial charge in [0.1, 0.15) is 0 Å². The van der Waals surface area contributed by atoms with Crippen LogP contribution in [-0.2, 0) is 6.42 Å². The quantitative estimate of drug-likeness (QED) is 0.808. The first-order valence-corrected chi connectivity index (χ1v) is 10.4. The molecule has 0 bridgehead atoms. The minimum Gasteiger partial charge on any atom is -0.359 e. The molecule has 3 heterocycles. The van der Waals surface area contributed by atoms with E-state index in [1.807, 2.05) is 0 Å². The summed E-state index contributed by atoms with van der Waals surface area (Å²) in [6.45, 7) is 9.74. The van der Waals surface area contributed by atoms with Crippen LogP contribution in [0.4, 0.5) is 0 Å². The summed E-state index contributed by atoms with van der Waals surface area (Å²) >= 11 is 0. The highest BCUT2D eigenvalue weighted by Gasteiger charge is 2.35. The molecule has 0 radical (unpaired) electrons. The van der Waals surface area contributed by atoms with Gasteiger partial charge in [0.2, 0.25) is 0 Å². The summed E-state index contributed by atoms with van der Waals surface area (Å²) in [6, 6.07) is 12.0. The Bertz CT molecular complexity index is 739. The summed E-state index contributed by atoms with van der Waals surface area (Å²) in [5, 5.41) is 4.28. The molecule has 5 heteroatoms. The average Bonchev–Trinajstić information content (AvgIpc) is 3.42. The lowest BCUT2D eigenvalue weighted by atomic mass is 9.93. The van der Waals surface area contributed by atoms with Gasteiger partial charge in [-0.1, -0.05) is 50.2 Å². The van der Waals surface area contributed by atoms with Crippen molar-refractivity contribution in [3.63, 3.8) is 0 Å². The van der Waals surface area contributed by atoms with Crippen LogP contribution in [0.5, 0.6) is 0 Å². The minimum absolute atomic E-state index is 0.359.